The lowest BCUT2D eigenvalue weighted by molar-refractivity contribution is 0.0702. The Labute approximate surface area is 99.1 Å². The van der Waals surface area contributed by atoms with Gasteiger partial charge in [0.05, 0.1) is 6.20 Å². The SMILES string of the molecule is CN(C(=O)c1c[nH]c(=O)cn1)C1CCCNC1. The Morgan fingerprint density at radius 3 is 3.00 bits per heavy atom. The molecule has 2 N–H and O–H groups in total. The molecule has 1 saturated heterocycles. The molecule has 0 saturated carbocycles. The van der Waals surface area contributed by atoms with Gasteiger partial charge in [-0.05, 0) is 19.4 Å². The highest BCUT2D eigenvalue weighted by Crippen LogP contribution is 2.10. The summed E-state index contributed by atoms with van der Waals surface area (Å²) in [5.74, 6) is -0.157. The number of nitrogens with zero attached hydrogens (tertiary/aromatic N) is 2. The molecule has 1 unspecified atom stereocenters. The van der Waals surface area contributed by atoms with Crippen LogP contribution in [-0.2, 0) is 0 Å². The maximum atomic E-state index is 12.1. The smallest absolute Gasteiger partial charge is 0.274 e. The van der Waals surface area contributed by atoms with Crippen molar-refractivity contribution >= 4 is 5.91 Å². The second kappa shape index (κ2) is 5.09. The van der Waals surface area contributed by atoms with Crippen molar-refractivity contribution < 1.29 is 4.79 Å². The van der Waals surface area contributed by atoms with Gasteiger partial charge in [-0.15, -0.1) is 0 Å². The second-order valence-electron chi connectivity index (χ2n) is 4.21. The Kier molecular flexibility index (Phi) is 3.53. The van der Waals surface area contributed by atoms with E-state index in [0.29, 0.717) is 0 Å². The lowest BCUT2D eigenvalue weighted by atomic mass is 10.1. The van der Waals surface area contributed by atoms with Crippen LogP contribution < -0.4 is 10.9 Å². The van der Waals surface area contributed by atoms with Crippen molar-refractivity contribution in [1.82, 2.24) is 20.2 Å². The van der Waals surface area contributed by atoms with Crippen molar-refractivity contribution in [2.24, 2.45) is 0 Å². The van der Waals surface area contributed by atoms with Crippen molar-refractivity contribution in [3.05, 3.63) is 28.4 Å². The van der Waals surface area contributed by atoms with Gasteiger partial charge in [0.1, 0.15) is 5.69 Å². The molecule has 1 aliphatic rings. The fourth-order valence-electron chi connectivity index (χ4n) is 1.97. The number of likely N-dealkylation sites (N-methyl/N-ethyl adjacent to an activating group) is 1. The van der Waals surface area contributed by atoms with E-state index in [-0.39, 0.29) is 23.2 Å². The molecule has 1 fully saturated rings. The van der Waals surface area contributed by atoms with Gasteiger partial charge in [-0.2, -0.15) is 0 Å². The molecule has 92 valence electrons. The third kappa shape index (κ3) is 2.71. The molecule has 0 spiro atoms. The number of aromatic nitrogens is 2. The van der Waals surface area contributed by atoms with Crippen LogP contribution in [0.1, 0.15) is 23.3 Å². The van der Waals surface area contributed by atoms with E-state index in [1.54, 1.807) is 11.9 Å². The third-order valence-electron chi connectivity index (χ3n) is 3.03. The van der Waals surface area contributed by atoms with Crippen LogP contribution in [0.5, 0.6) is 0 Å². The molecule has 2 rings (SSSR count). The average Bonchev–Trinajstić information content (AvgIpc) is 2.39. The molecule has 0 bridgehead atoms. The average molecular weight is 236 g/mol. The minimum absolute atomic E-state index is 0.157. The van der Waals surface area contributed by atoms with E-state index in [4.69, 9.17) is 0 Å². The number of rotatable bonds is 2. The molecule has 2 heterocycles. The summed E-state index contributed by atoms with van der Waals surface area (Å²) in [6.45, 7) is 1.82. The molecule has 1 aromatic rings. The molecule has 17 heavy (non-hydrogen) atoms. The molecular weight excluding hydrogens is 220 g/mol. The molecule has 0 aliphatic carbocycles. The predicted molar refractivity (Wildman–Crippen MR) is 62.8 cm³/mol. The van der Waals surface area contributed by atoms with E-state index in [1.807, 2.05) is 0 Å². The predicted octanol–water partition coefficient (Wildman–Crippen LogP) is -0.406. The first-order chi connectivity index (χ1) is 8.18. The summed E-state index contributed by atoms with van der Waals surface area (Å²) in [6, 6.07) is 0.199. The highest BCUT2D eigenvalue weighted by Gasteiger charge is 2.23. The lowest BCUT2D eigenvalue weighted by Gasteiger charge is -2.31. The van der Waals surface area contributed by atoms with E-state index in [1.165, 1.54) is 6.20 Å². The monoisotopic (exact) mass is 236 g/mol. The number of carbonyl (C=O) groups excluding carboxylic acids is 1. The number of hydrogen-bond donors (Lipinski definition) is 2. The fourth-order valence-corrected chi connectivity index (χ4v) is 1.97. The van der Waals surface area contributed by atoms with E-state index < -0.39 is 0 Å². The first kappa shape index (κ1) is 11.8. The van der Waals surface area contributed by atoms with Crippen LogP contribution in [0.25, 0.3) is 0 Å². The molecule has 1 aliphatic heterocycles. The van der Waals surface area contributed by atoms with Gasteiger partial charge in [0.15, 0.2) is 0 Å². The summed E-state index contributed by atoms with van der Waals surface area (Å²) in [5, 5.41) is 3.26. The van der Waals surface area contributed by atoms with Crippen LogP contribution in [0.15, 0.2) is 17.2 Å². The van der Waals surface area contributed by atoms with E-state index in [9.17, 15) is 9.59 Å². The highest BCUT2D eigenvalue weighted by molar-refractivity contribution is 5.92. The Morgan fingerprint density at radius 2 is 2.41 bits per heavy atom. The normalized spacial score (nSPS) is 19.9. The number of amides is 1. The minimum Gasteiger partial charge on any atom is -0.336 e. The molecule has 1 amide bonds. The van der Waals surface area contributed by atoms with Gasteiger partial charge in [-0.25, -0.2) is 4.98 Å². The summed E-state index contributed by atoms with van der Waals surface area (Å²) in [6.07, 6.45) is 4.55. The molecule has 6 nitrogen and oxygen atoms in total. The van der Waals surface area contributed by atoms with Crippen LogP contribution in [-0.4, -0.2) is 47.0 Å². The van der Waals surface area contributed by atoms with Gasteiger partial charge in [-0.1, -0.05) is 0 Å². The molecule has 0 aromatic carbocycles. The number of carbonyl (C=O) groups is 1. The molecule has 1 atom stereocenters. The zero-order chi connectivity index (χ0) is 12.3. The summed E-state index contributed by atoms with van der Waals surface area (Å²) >= 11 is 0. The molecule has 6 heteroatoms. The van der Waals surface area contributed by atoms with Crippen LogP contribution in [0.3, 0.4) is 0 Å². The quantitative estimate of drug-likeness (QED) is 0.732. The Morgan fingerprint density at radius 1 is 1.59 bits per heavy atom. The zero-order valence-corrected chi connectivity index (χ0v) is 9.77. The van der Waals surface area contributed by atoms with Crippen LogP contribution >= 0.6 is 0 Å². The topological polar surface area (TPSA) is 78.1 Å². The molecule has 0 radical (unpaired) electrons. The van der Waals surface area contributed by atoms with Crippen LogP contribution in [0.4, 0.5) is 0 Å². The van der Waals surface area contributed by atoms with Gasteiger partial charge >= 0.3 is 0 Å². The number of piperidine rings is 1. The Hall–Kier alpha value is -1.69. The standard InChI is InChI=1S/C11H16N4O2/c1-15(8-3-2-4-12-5-8)11(17)9-6-14-10(16)7-13-9/h6-8,12H,2-5H2,1H3,(H,14,16). The van der Waals surface area contributed by atoms with Gasteiger partial charge in [0, 0.05) is 25.8 Å². The van der Waals surface area contributed by atoms with Gasteiger partial charge < -0.3 is 15.2 Å². The summed E-state index contributed by atoms with van der Waals surface area (Å²) < 4.78 is 0. The molecule has 1 aromatic heterocycles. The van der Waals surface area contributed by atoms with Crippen LogP contribution in [0.2, 0.25) is 0 Å². The summed E-state index contributed by atoms with van der Waals surface area (Å²) in [4.78, 5) is 30.9. The zero-order valence-electron chi connectivity index (χ0n) is 9.77. The van der Waals surface area contributed by atoms with Crippen molar-refractivity contribution in [1.29, 1.82) is 0 Å². The lowest BCUT2D eigenvalue weighted by Crippen LogP contribution is -2.46. The van der Waals surface area contributed by atoms with E-state index >= 15 is 0 Å². The van der Waals surface area contributed by atoms with Gasteiger partial charge in [-0.3, -0.25) is 9.59 Å². The van der Waals surface area contributed by atoms with E-state index in [2.05, 4.69) is 15.3 Å². The van der Waals surface area contributed by atoms with Crippen molar-refractivity contribution in [2.45, 2.75) is 18.9 Å². The minimum atomic E-state index is -0.302. The Balaban J connectivity index is 2.08. The van der Waals surface area contributed by atoms with E-state index in [0.717, 1.165) is 32.1 Å². The number of nitrogens with one attached hydrogen (secondary N) is 2. The van der Waals surface area contributed by atoms with Gasteiger partial charge in [0.2, 0.25) is 0 Å². The third-order valence-corrected chi connectivity index (χ3v) is 3.03. The maximum Gasteiger partial charge on any atom is 0.274 e. The van der Waals surface area contributed by atoms with Crippen molar-refractivity contribution in [3.8, 4) is 0 Å². The first-order valence-electron chi connectivity index (χ1n) is 5.71. The molecular formula is C11H16N4O2. The largest absolute Gasteiger partial charge is 0.336 e. The number of hydrogen-bond acceptors (Lipinski definition) is 4. The van der Waals surface area contributed by atoms with Gasteiger partial charge in [0.25, 0.3) is 11.5 Å². The highest BCUT2D eigenvalue weighted by atomic mass is 16.2. The number of aromatic amines is 1. The van der Waals surface area contributed by atoms with Crippen LogP contribution in [0, 0.1) is 0 Å². The Bertz CT molecular complexity index is 431. The van der Waals surface area contributed by atoms with Crippen molar-refractivity contribution in [3.63, 3.8) is 0 Å². The number of H-pyrrole nitrogens is 1. The fraction of sp³-hybridized carbons (Fsp3) is 0.545. The first-order valence-corrected chi connectivity index (χ1v) is 5.71. The summed E-state index contributed by atoms with van der Waals surface area (Å²) in [7, 11) is 1.77. The second-order valence-corrected chi connectivity index (χ2v) is 4.21. The maximum absolute atomic E-state index is 12.1. The van der Waals surface area contributed by atoms with Crippen molar-refractivity contribution in [2.75, 3.05) is 20.1 Å². The summed E-state index contributed by atoms with van der Waals surface area (Å²) in [5.41, 5.74) is -0.0267.